The number of carbonyl (C=O) groups excluding carboxylic acids is 5. The minimum atomic E-state index is -1.000. The second kappa shape index (κ2) is 12.3. The predicted molar refractivity (Wildman–Crippen MR) is 151 cm³/mol. The van der Waals surface area contributed by atoms with Gasteiger partial charge in [-0.25, -0.2) is 4.79 Å². The van der Waals surface area contributed by atoms with Crippen LogP contribution in [0.4, 0.5) is 4.79 Å². The van der Waals surface area contributed by atoms with Gasteiger partial charge in [-0.05, 0) is 54.3 Å². The van der Waals surface area contributed by atoms with E-state index in [2.05, 4.69) is 43.3 Å². The van der Waals surface area contributed by atoms with Crippen molar-refractivity contribution in [3.63, 3.8) is 0 Å². The Hall–Kier alpha value is -2.91. The summed E-state index contributed by atoms with van der Waals surface area (Å²) in [6.45, 7) is 17.8. The molecule has 3 aliphatic rings. The van der Waals surface area contributed by atoms with Crippen LogP contribution in [0.3, 0.4) is 0 Å². The molecule has 4 amide bonds. The number of ketones is 1. The van der Waals surface area contributed by atoms with Crippen molar-refractivity contribution in [2.45, 2.75) is 105 Å². The van der Waals surface area contributed by atoms with Gasteiger partial charge in [0.2, 0.25) is 17.6 Å². The molecule has 0 spiro atoms. The zero-order valence-electron chi connectivity index (χ0n) is 25.2. The predicted octanol–water partition coefficient (Wildman–Crippen LogP) is 2.96. The first-order valence-corrected chi connectivity index (χ1v) is 14.6. The lowest BCUT2D eigenvalue weighted by Crippen LogP contribution is -2.60. The average molecular weight is 561 g/mol. The molecule has 7 atom stereocenters. The van der Waals surface area contributed by atoms with Gasteiger partial charge in [-0.2, -0.15) is 0 Å². The van der Waals surface area contributed by atoms with Gasteiger partial charge in [-0.15, -0.1) is 6.58 Å². The summed E-state index contributed by atoms with van der Waals surface area (Å²) in [5, 5.41) is 8.06. The van der Waals surface area contributed by atoms with Crippen molar-refractivity contribution in [1.82, 2.24) is 20.9 Å². The molecule has 10 nitrogen and oxygen atoms in total. The van der Waals surface area contributed by atoms with E-state index in [4.69, 9.17) is 4.74 Å². The van der Waals surface area contributed by atoms with Crippen LogP contribution in [0.1, 0.15) is 80.6 Å². The fourth-order valence-corrected chi connectivity index (χ4v) is 6.42. The Labute approximate surface area is 238 Å². The lowest BCUT2D eigenvalue weighted by Gasteiger charge is -2.37. The summed E-state index contributed by atoms with van der Waals surface area (Å²) < 4.78 is 5.63. The standard InChI is InChI=1S/C30H48N4O6/c1-9-11-20(23(35)26(37)31-14-10-2)32-25(36)22-21-19(30(21,7)8)16-34(22)27(38)24(29(4,5)6)33-28(39)40-18-13-12-17(3)15-18/h10,17-22,24H,2,9,11-16H2,1,3-8H3,(H,31,37)(H,32,36)(H,33,39)/t17-,18?,19?,20?,21?,22?,24+/m0/s1. The van der Waals surface area contributed by atoms with Crippen LogP contribution < -0.4 is 16.0 Å². The monoisotopic (exact) mass is 560 g/mol. The average Bonchev–Trinajstić information content (AvgIpc) is 3.21. The maximum absolute atomic E-state index is 14.0. The number of alkyl carbamates (subject to hydrolysis) is 1. The van der Waals surface area contributed by atoms with Gasteiger partial charge in [0, 0.05) is 13.1 Å². The minimum Gasteiger partial charge on any atom is -0.446 e. The second-order valence-corrected chi connectivity index (χ2v) is 13.5. The largest absolute Gasteiger partial charge is 0.446 e. The molecule has 0 aromatic carbocycles. The van der Waals surface area contributed by atoms with Crippen molar-refractivity contribution < 1.29 is 28.7 Å². The molecule has 3 N–H and O–H groups in total. The fraction of sp³-hybridized carbons (Fsp3) is 0.767. The fourth-order valence-electron chi connectivity index (χ4n) is 6.42. The highest BCUT2D eigenvalue weighted by Gasteiger charge is 2.70. The number of nitrogens with one attached hydrogen (secondary N) is 3. The Bertz CT molecular complexity index is 1020. The van der Waals surface area contributed by atoms with Crippen molar-refractivity contribution in [3.8, 4) is 0 Å². The number of fused-ring (bicyclic) bond motifs is 1. The quantitative estimate of drug-likeness (QED) is 0.263. The van der Waals surface area contributed by atoms with Gasteiger partial charge in [0.1, 0.15) is 18.2 Å². The Morgan fingerprint density at radius 2 is 1.80 bits per heavy atom. The van der Waals surface area contributed by atoms with Crippen LogP contribution in [0.15, 0.2) is 12.7 Å². The van der Waals surface area contributed by atoms with E-state index in [0.717, 1.165) is 19.3 Å². The van der Waals surface area contributed by atoms with E-state index in [1.807, 2.05) is 27.7 Å². The number of hydrogen-bond donors (Lipinski definition) is 3. The number of rotatable bonds is 11. The molecule has 3 fully saturated rings. The van der Waals surface area contributed by atoms with E-state index < -0.39 is 47.2 Å². The first-order valence-electron chi connectivity index (χ1n) is 14.6. The molecule has 0 aromatic rings. The van der Waals surface area contributed by atoms with E-state index in [9.17, 15) is 24.0 Å². The van der Waals surface area contributed by atoms with Gasteiger partial charge >= 0.3 is 6.09 Å². The number of Topliss-reactive ketones (excluding diaryl/α,β-unsaturated/α-hetero) is 1. The molecule has 0 radical (unpaired) electrons. The number of ether oxygens (including phenoxy) is 1. The lowest BCUT2D eigenvalue weighted by atomic mass is 9.85. The first kappa shape index (κ1) is 31.6. The molecule has 1 heterocycles. The second-order valence-electron chi connectivity index (χ2n) is 13.5. The van der Waals surface area contributed by atoms with Crippen LogP contribution in [0.25, 0.3) is 0 Å². The van der Waals surface area contributed by atoms with E-state index in [1.165, 1.54) is 6.08 Å². The molecule has 5 unspecified atom stereocenters. The third-order valence-electron chi connectivity index (χ3n) is 8.90. The molecule has 1 aliphatic heterocycles. The molecule has 0 aromatic heterocycles. The van der Waals surface area contributed by atoms with E-state index >= 15 is 0 Å². The van der Waals surface area contributed by atoms with E-state index in [0.29, 0.717) is 25.3 Å². The summed E-state index contributed by atoms with van der Waals surface area (Å²) >= 11 is 0. The SMILES string of the molecule is C=CCNC(=O)C(=O)C(CCC)NC(=O)C1C2C(CN1C(=O)[C@@H](NC(=O)OC1CC[C@H](C)C1)C(C)(C)C)C2(C)C. The van der Waals surface area contributed by atoms with Crippen LogP contribution in [0.5, 0.6) is 0 Å². The summed E-state index contributed by atoms with van der Waals surface area (Å²) in [6.07, 6.45) is 4.16. The van der Waals surface area contributed by atoms with Crippen LogP contribution >= 0.6 is 0 Å². The van der Waals surface area contributed by atoms with Crippen LogP contribution in [0.2, 0.25) is 0 Å². The third-order valence-corrected chi connectivity index (χ3v) is 8.90. The maximum atomic E-state index is 14.0. The first-order chi connectivity index (χ1) is 18.6. The van der Waals surface area contributed by atoms with Crippen LogP contribution in [0, 0.1) is 28.6 Å². The van der Waals surface area contributed by atoms with Gasteiger partial charge in [0.15, 0.2) is 0 Å². The molecule has 10 heteroatoms. The van der Waals surface area contributed by atoms with Crippen LogP contribution in [-0.4, -0.2) is 71.8 Å². The highest BCUT2D eigenvalue weighted by Crippen LogP contribution is 2.65. The number of carbonyl (C=O) groups is 5. The van der Waals surface area contributed by atoms with Gasteiger partial charge in [-0.1, -0.05) is 61.0 Å². The van der Waals surface area contributed by atoms with Gasteiger partial charge in [0.25, 0.3) is 5.91 Å². The number of hydrogen-bond acceptors (Lipinski definition) is 6. The normalized spacial score (nSPS) is 28.1. The molecular formula is C30H48N4O6. The van der Waals surface area contributed by atoms with Gasteiger partial charge < -0.3 is 25.6 Å². The summed E-state index contributed by atoms with van der Waals surface area (Å²) in [5.41, 5.74) is -0.792. The topological polar surface area (TPSA) is 134 Å². The highest BCUT2D eigenvalue weighted by atomic mass is 16.6. The van der Waals surface area contributed by atoms with Crippen molar-refractivity contribution >= 4 is 29.6 Å². The van der Waals surface area contributed by atoms with Crippen molar-refractivity contribution in [1.29, 1.82) is 0 Å². The molecule has 0 bridgehead atoms. The number of likely N-dealkylation sites (tertiary alicyclic amines) is 1. The molecule has 40 heavy (non-hydrogen) atoms. The lowest BCUT2D eigenvalue weighted by molar-refractivity contribution is -0.145. The summed E-state index contributed by atoms with van der Waals surface area (Å²) in [5.74, 6) is -1.79. The smallest absolute Gasteiger partial charge is 0.408 e. The summed E-state index contributed by atoms with van der Waals surface area (Å²) in [6, 6.07) is -2.72. The zero-order valence-corrected chi connectivity index (χ0v) is 25.2. The molecule has 1 saturated heterocycles. The summed E-state index contributed by atoms with van der Waals surface area (Å²) in [4.78, 5) is 67.3. The molecule has 3 rings (SSSR count). The van der Waals surface area contributed by atoms with Crippen molar-refractivity contribution in [2.75, 3.05) is 13.1 Å². The highest BCUT2D eigenvalue weighted by molar-refractivity contribution is 6.38. The molecular weight excluding hydrogens is 512 g/mol. The number of nitrogens with zero attached hydrogens (tertiary/aromatic N) is 1. The Kier molecular flexibility index (Phi) is 9.73. The Morgan fingerprint density at radius 3 is 2.35 bits per heavy atom. The molecule has 224 valence electrons. The number of piperidine rings is 1. The van der Waals surface area contributed by atoms with Gasteiger partial charge in [-0.3, -0.25) is 19.2 Å². The Balaban J connectivity index is 1.78. The molecule has 2 aliphatic carbocycles. The number of amides is 4. The van der Waals surface area contributed by atoms with Crippen LogP contribution in [-0.2, 0) is 23.9 Å². The van der Waals surface area contributed by atoms with E-state index in [-0.39, 0.29) is 35.8 Å². The summed E-state index contributed by atoms with van der Waals surface area (Å²) in [7, 11) is 0. The van der Waals surface area contributed by atoms with E-state index in [1.54, 1.807) is 4.90 Å². The Morgan fingerprint density at radius 1 is 1.12 bits per heavy atom. The zero-order chi connectivity index (χ0) is 30.0. The minimum absolute atomic E-state index is 0.0871. The molecule has 2 saturated carbocycles. The third kappa shape index (κ3) is 6.86. The maximum Gasteiger partial charge on any atom is 0.408 e. The van der Waals surface area contributed by atoms with Crippen molar-refractivity contribution in [3.05, 3.63) is 12.7 Å². The van der Waals surface area contributed by atoms with Gasteiger partial charge in [0.05, 0.1) is 6.04 Å². The van der Waals surface area contributed by atoms with Crippen molar-refractivity contribution in [2.24, 2.45) is 28.6 Å².